The van der Waals surface area contributed by atoms with Crippen LogP contribution in [0.5, 0.6) is 0 Å². The molecule has 2 heteroatoms. The van der Waals surface area contributed by atoms with Crippen molar-refractivity contribution in [2.24, 2.45) is 0 Å². The van der Waals surface area contributed by atoms with Gasteiger partial charge < -0.3 is 4.90 Å². The van der Waals surface area contributed by atoms with E-state index in [-0.39, 0.29) is 0 Å². The number of benzene rings is 11. The SMILES string of the molecule is c1ccc(-c2ccc(N(c3ccc4ccc5c6ccccc6sc5c4c3)c3ccccc3-c3ccc(-c4cc5ccccc5c5ccccc45)cc3)cc2-c2ccccc2)cc1. The quantitative estimate of drug-likeness (QED) is 0.145. The van der Waals surface area contributed by atoms with Crippen molar-refractivity contribution in [3.8, 4) is 44.5 Å². The van der Waals surface area contributed by atoms with Gasteiger partial charge in [0.05, 0.1) is 5.69 Å². The van der Waals surface area contributed by atoms with Crippen molar-refractivity contribution in [1.82, 2.24) is 0 Å². The maximum Gasteiger partial charge on any atom is 0.0540 e. The third-order valence-electron chi connectivity index (χ3n) is 12.5. The zero-order chi connectivity index (χ0) is 41.0. The highest BCUT2D eigenvalue weighted by molar-refractivity contribution is 7.26. The molecule has 0 aliphatic carbocycles. The van der Waals surface area contributed by atoms with E-state index in [1.165, 1.54) is 85.9 Å². The molecule has 12 rings (SSSR count). The van der Waals surface area contributed by atoms with Crippen molar-refractivity contribution in [3.63, 3.8) is 0 Å². The number of hydrogen-bond acceptors (Lipinski definition) is 2. The number of rotatable bonds is 7. The van der Waals surface area contributed by atoms with Crippen molar-refractivity contribution in [2.75, 3.05) is 4.90 Å². The summed E-state index contributed by atoms with van der Waals surface area (Å²) in [5, 5.41) is 10.2. The Morgan fingerprint density at radius 3 is 1.63 bits per heavy atom. The van der Waals surface area contributed by atoms with Crippen LogP contribution in [0.1, 0.15) is 0 Å². The molecule has 1 heterocycles. The van der Waals surface area contributed by atoms with Gasteiger partial charge in [-0.3, -0.25) is 0 Å². The van der Waals surface area contributed by atoms with E-state index in [2.05, 4.69) is 241 Å². The lowest BCUT2D eigenvalue weighted by Gasteiger charge is -2.29. The van der Waals surface area contributed by atoms with Gasteiger partial charge in [-0.15, -0.1) is 11.3 Å². The molecule has 0 aliphatic heterocycles. The molecule has 0 bridgehead atoms. The summed E-state index contributed by atoms with van der Waals surface area (Å²) < 4.78 is 2.63. The van der Waals surface area contributed by atoms with Crippen LogP contribution >= 0.6 is 11.3 Å². The molecule has 290 valence electrons. The van der Waals surface area contributed by atoms with Crippen LogP contribution in [0.3, 0.4) is 0 Å². The highest BCUT2D eigenvalue weighted by atomic mass is 32.1. The van der Waals surface area contributed by atoms with Gasteiger partial charge >= 0.3 is 0 Å². The van der Waals surface area contributed by atoms with Gasteiger partial charge in [-0.05, 0) is 108 Å². The van der Waals surface area contributed by atoms with Crippen molar-refractivity contribution in [1.29, 1.82) is 0 Å². The number of hydrogen-bond donors (Lipinski definition) is 0. The highest BCUT2D eigenvalue weighted by Crippen LogP contribution is 2.47. The Balaban J connectivity index is 1.06. The van der Waals surface area contributed by atoms with E-state index in [1.807, 2.05) is 11.3 Å². The van der Waals surface area contributed by atoms with Gasteiger partial charge in [-0.25, -0.2) is 0 Å². The van der Waals surface area contributed by atoms with Crippen LogP contribution in [0.4, 0.5) is 17.1 Å². The predicted molar refractivity (Wildman–Crippen MR) is 268 cm³/mol. The minimum Gasteiger partial charge on any atom is -0.310 e. The van der Waals surface area contributed by atoms with Gasteiger partial charge in [0.15, 0.2) is 0 Å². The monoisotopic (exact) mass is 805 g/mol. The fourth-order valence-corrected chi connectivity index (χ4v) is 10.7. The van der Waals surface area contributed by atoms with E-state index in [0.29, 0.717) is 0 Å². The fraction of sp³-hybridized carbons (Fsp3) is 0. The Hall–Kier alpha value is -7.78. The van der Waals surface area contributed by atoms with Gasteiger partial charge in [0.1, 0.15) is 0 Å². The second kappa shape index (κ2) is 15.0. The third-order valence-corrected chi connectivity index (χ3v) is 13.7. The van der Waals surface area contributed by atoms with Gasteiger partial charge in [-0.1, -0.05) is 194 Å². The van der Waals surface area contributed by atoms with Crippen LogP contribution in [0.2, 0.25) is 0 Å². The average Bonchev–Trinajstić information content (AvgIpc) is 3.74. The molecule has 0 N–H and O–H groups in total. The Bertz CT molecular complexity index is 3620. The molecule has 1 aromatic heterocycles. The zero-order valence-electron chi connectivity index (χ0n) is 33.9. The van der Waals surface area contributed by atoms with Crippen LogP contribution in [-0.2, 0) is 0 Å². The Kier molecular flexibility index (Phi) is 8.76. The molecule has 0 spiro atoms. The molecule has 1 nitrogen and oxygen atoms in total. The second-order valence-electron chi connectivity index (χ2n) is 16.0. The largest absolute Gasteiger partial charge is 0.310 e. The molecule has 0 unspecified atom stereocenters. The molecule has 0 radical (unpaired) electrons. The Labute approximate surface area is 365 Å². The topological polar surface area (TPSA) is 3.24 Å². The predicted octanol–water partition coefficient (Wildman–Crippen LogP) is 17.7. The lowest BCUT2D eigenvalue weighted by Crippen LogP contribution is -2.11. The van der Waals surface area contributed by atoms with E-state index in [4.69, 9.17) is 0 Å². The number of nitrogens with zero attached hydrogens (tertiary/aromatic N) is 1. The molecule has 0 amide bonds. The highest BCUT2D eigenvalue weighted by Gasteiger charge is 2.21. The first-order chi connectivity index (χ1) is 30.7. The molecule has 0 fully saturated rings. The first-order valence-electron chi connectivity index (χ1n) is 21.2. The van der Waals surface area contributed by atoms with Gasteiger partial charge in [0.25, 0.3) is 0 Å². The molecule has 0 atom stereocenters. The normalized spacial score (nSPS) is 11.5. The molecule has 0 aliphatic rings. The van der Waals surface area contributed by atoms with Crippen molar-refractivity contribution in [2.45, 2.75) is 0 Å². The maximum absolute atomic E-state index is 2.47. The summed E-state index contributed by atoms with van der Waals surface area (Å²) in [5.41, 5.74) is 12.9. The van der Waals surface area contributed by atoms with E-state index in [9.17, 15) is 0 Å². The zero-order valence-corrected chi connectivity index (χ0v) is 34.7. The standard InChI is InChI=1S/C60H39NS/c1-3-15-40(16-4-1)49-36-34-47(38-56(49)41-17-5-2-6-18-41)61(46-33-31-44-32-35-54-53-24-12-14-26-59(53)62-60(54)57(44)39-46)58-25-13-11-21-50(58)42-27-29-43(30-28-42)55-37-45-19-7-8-20-48(45)51-22-9-10-23-52(51)55/h1-39H. The van der Waals surface area contributed by atoms with Crippen molar-refractivity contribution >= 4 is 80.9 Å². The minimum absolute atomic E-state index is 1.10. The summed E-state index contributed by atoms with van der Waals surface area (Å²) in [6, 6.07) is 86.8. The first-order valence-corrected chi connectivity index (χ1v) is 22.1. The van der Waals surface area contributed by atoms with E-state index in [1.54, 1.807) is 0 Å². The molecule has 0 saturated heterocycles. The lowest BCUT2D eigenvalue weighted by atomic mass is 9.92. The van der Waals surface area contributed by atoms with Crippen LogP contribution < -0.4 is 4.90 Å². The average molecular weight is 806 g/mol. The van der Waals surface area contributed by atoms with Gasteiger partial charge in [0, 0.05) is 42.5 Å². The fourth-order valence-electron chi connectivity index (χ4n) is 9.49. The van der Waals surface area contributed by atoms with Crippen LogP contribution in [0.25, 0.3) is 97.0 Å². The summed E-state index contributed by atoms with van der Waals surface area (Å²) in [4.78, 5) is 2.47. The van der Waals surface area contributed by atoms with Gasteiger partial charge in [0.2, 0.25) is 0 Å². The summed E-state index contributed by atoms with van der Waals surface area (Å²) in [5.74, 6) is 0. The van der Waals surface area contributed by atoms with Gasteiger partial charge in [-0.2, -0.15) is 0 Å². The first kappa shape index (κ1) is 36.1. The Morgan fingerprint density at radius 1 is 0.274 bits per heavy atom. The summed E-state index contributed by atoms with van der Waals surface area (Å²) in [7, 11) is 0. The third kappa shape index (κ3) is 6.15. The number of fused-ring (bicyclic) bond motifs is 8. The van der Waals surface area contributed by atoms with Crippen molar-refractivity contribution in [3.05, 3.63) is 237 Å². The Morgan fingerprint density at radius 2 is 0.839 bits per heavy atom. The molecule has 12 aromatic rings. The lowest BCUT2D eigenvalue weighted by molar-refractivity contribution is 1.29. The van der Waals surface area contributed by atoms with Crippen LogP contribution in [0, 0.1) is 0 Å². The van der Waals surface area contributed by atoms with E-state index >= 15 is 0 Å². The van der Waals surface area contributed by atoms with E-state index < -0.39 is 0 Å². The number of anilines is 3. The minimum atomic E-state index is 1.10. The van der Waals surface area contributed by atoms with E-state index in [0.717, 1.165) is 28.2 Å². The number of para-hydroxylation sites is 1. The summed E-state index contributed by atoms with van der Waals surface area (Å²) >= 11 is 1.88. The van der Waals surface area contributed by atoms with Crippen LogP contribution in [-0.4, -0.2) is 0 Å². The smallest absolute Gasteiger partial charge is 0.0540 e. The molecule has 11 aromatic carbocycles. The molecular formula is C60H39NS. The van der Waals surface area contributed by atoms with Crippen molar-refractivity contribution < 1.29 is 0 Å². The second-order valence-corrected chi connectivity index (χ2v) is 17.1. The van der Waals surface area contributed by atoms with Crippen LogP contribution in [0.15, 0.2) is 237 Å². The molecule has 62 heavy (non-hydrogen) atoms. The maximum atomic E-state index is 2.47. The molecule has 0 saturated carbocycles. The number of thiophene rings is 1. The molecular weight excluding hydrogens is 767 g/mol. The summed E-state index contributed by atoms with van der Waals surface area (Å²) in [6.45, 7) is 0. The summed E-state index contributed by atoms with van der Waals surface area (Å²) in [6.07, 6.45) is 0.